The molecule has 1 fully saturated rings. The largest absolute Gasteiger partial charge is 0.458 e. The summed E-state index contributed by atoms with van der Waals surface area (Å²) in [6, 6.07) is 12.0. The van der Waals surface area contributed by atoms with Gasteiger partial charge in [0.2, 0.25) is 11.7 Å². The summed E-state index contributed by atoms with van der Waals surface area (Å²) in [5.41, 5.74) is 6.99. The SMILES string of the molecule is Cc1ccc(C(=O)C2C(c3sccc3C)C(C(N)=O)N(C(=O)c3cccs3)C2c2cccc([N+](=O)[O-])c2)o1. The number of carbonyl (C=O) groups is 3. The third-order valence-corrected chi connectivity index (χ3v) is 8.82. The quantitative estimate of drug-likeness (QED) is 0.190. The summed E-state index contributed by atoms with van der Waals surface area (Å²) in [5, 5.41) is 15.2. The highest BCUT2D eigenvalue weighted by Crippen LogP contribution is 2.53. The molecule has 0 radical (unpaired) electrons. The molecule has 0 bridgehead atoms. The lowest BCUT2D eigenvalue weighted by atomic mass is 9.79. The molecule has 4 atom stereocenters. The molecule has 11 heteroatoms. The second-order valence-electron chi connectivity index (χ2n) is 9.13. The lowest BCUT2D eigenvalue weighted by Gasteiger charge is -2.30. The molecule has 194 valence electrons. The van der Waals surface area contributed by atoms with Crippen LogP contribution in [0.5, 0.6) is 0 Å². The number of primary amides is 1. The Morgan fingerprint density at radius 3 is 2.39 bits per heavy atom. The molecule has 0 aliphatic carbocycles. The van der Waals surface area contributed by atoms with Gasteiger partial charge in [-0.2, -0.15) is 0 Å². The minimum atomic E-state index is -1.18. The van der Waals surface area contributed by atoms with Crippen molar-refractivity contribution in [2.45, 2.75) is 31.8 Å². The van der Waals surface area contributed by atoms with Gasteiger partial charge in [-0.3, -0.25) is 24.5 Å². The summed E-state index contributed by atoms with van der Waals surface area (Å²) in [4.78, 5) is 54.9. The molecule has 1 aromatic carbocycles. The number of ketones is 1. The molecule has 4 heterocycles. The zero-order chi connectivity index (χ0) is 27.1. The van der Waals surface area contributed by atoms with Gasteiger partial charge in [-0.05, 0) is 60.0 Å². The molecular weight excluding hydrogens is 526 g/mol. The molecule has 1 aliphatic heterocycles. The van der Waals surface area contributed by atoms with Crippen LogP contribution in [0.15, 0.2) is 69.8 Å². The van der Waals surface area contributed by atoms with Gasteiger partial charge in [-0.1, -0.05) is 18.2 Å². The van der Waals surface area contributed by atoms with Crippen LogP contribution in [0.3, 0.4) is 0 Å². The van der Waals surface area contributed by atoms with Gasteiger partial charge in [-0.25, -0.2) is 0 Å². The van der Waals surface area contributed by atoms with E-state index >= 15 is 0 Å². The Bertz CT molecular complexity index is 1540. The summed E-state index contributed by atoms with van der Waals surface area (Å²) in [6.45, 7) is 3.58. The Morgan fingerprint density at radius 2 is 1.82 bits per heavy atom. The van der Waals surface area contributed by atoms with E-state index in [1.807, 2.05) is 18.4 Å². The van der Waals surface area contributed by atoms with Crippen molar-refractivity contribution >= 4 is 46.0 Å². The minimum Gasteiger partial charge on any atom is -0.458 e. The number of furan rings is 1. The fourth-order valence-corrected chi connectivity index (χ4v) is 7.04. The fraction of sp³-hybridized carbons (Fsp3) is 0.222. The molecule has 2 N–H and O–H groups in total. The first-order valence-corrected chi connectivity index (χ1v) is 13.5. The van der Waals surface area contributed by atoms with E-state index in [1.54, 1.807) is 42.6 Å². The third kappa shape index (κ3) is 4.33. The molecule has 9 nitrogen and oxygen atoms in total. The number of thiophene rings is 2. The first kappa shape index (κ1) is 25.6. The maximum atomic E-state index is 14.2. The molecule has 0 saturated carbocycles. The number of likely N-dealkylation sites (tertiary alicyclic amines) is 1. The average molecular weight is 550 g/mol. The summed E-state index contributed by atoms with van der Waals surface area (Å²) < 4.78 is 5.69. The number of hydrogen-bond donors (Lipinski definition) is 1. The lowest BCUT2D eigenvalue weighted by Crippen LogP contribution is -2.46. The molecule has 2 amide bonds. The van der Waals surface area contributed by atoms with E-state index < -0.39 is 46.4 Å². The number of nitrogens with two attached hydrogens (primary N) is 1. The zero-order valence-corrected chi connectivity index (χ0v) is 22.0. The van der Waals surface area contributed by atoms with Crippen molar-refractivity contribution in [3.8, 4) is 0 Å². The summed E-state index contributed by atoms with van der Waals surface area (Å²) in [5.74, 6) is -2.85. The standard InChI is InChI=1S/C27H23N3O6S2/c1-14-10-12-38-25(14)21-20(24(31)18-9-8-15(2)36-18)22(16-5-3-6-17(13-16)30(34)35)29(23(21)26(28)32)27(33)19-7-4-11-37-19/h3-13,20-23H,1-2H3,(H2,28,32). The van der Waals surface area contributed by atoms with Crippen molar-refractivity contribution < 1.29 is 23.7 Å². The van der Waals surface area contributed by atoms with Gasteiger partial charge < -0.3 is 15.1 Å². The maximum absolute atomic E-state index is 14.2. The first-order valence-electron chi connectivity index (χ1n) is 11.7. The molecule has 4 aromatic rings. The van der Waals surface area contributed by atoms with Crippen LogP contribution in [0.25, 0.3) is 0 Å². The summed E-state index contributed by atoms with van der Waals surface area (Å²) >= 11 is 2.57. The number of aryl methyl sites for hydroxylation is 2. The van der Waals surface area contributed by atoms with Crippen molar-refractivity contribution in [1.82, 2.24) is 4.90 Å². The van der Waals surface area contributed by atoms with Gasteiger partial charge in [0.05, 0.1) is 21.8 Å². The van der Waals surface area contributed by atoms with E-state index in [9.17, 15) is 24.5 Å². The molecule has 4 unspecified atom stereocenters. The van der Waals surface area contributed by atoms with Crippen molar-refractivity contribution in [2.24, 2.45) is 11.7 Å². The number of nitro benzene ring substituents is 1. The molecule has 3 aromatic heterocycles. The number of nitrogens with zero attached hydrogens (tertiary/aromatic N) is 2. The van der Waals surface area contributed by atoms with Gasteiger partial charge in [-0.15, -0.1) is 22.7 Å². The van der Waals surface area contributed by atoms with Crippen LogP contribution >= 0.6 is 22.7 Å². The first-order chi connectivity index (χ1) is 18.2. The Hall–Kier alpha value is -4.09. The van der Waals surface area contributed by atoms with Crippen LogP contribution < -0.4 is 5.73 Å². The zero-order valence-electron chi connectivity index (χ0n) is 20.4. The van der Waals surface area contributed by atoms with E-state index in [1.165, 1.54) is 45.8 Å². The number of hydrogen-bond acceptors (Lipinski definition) is 8. The van der Waals surface area contributed by atoms with Crippen LogP contribution in [-0.2, 0) is 4.79 Å². The smallest absolute Gasteiger partial charge is 0.269 e. The highest BCUT2D eigenvalue weighted by molar-refractivity contribution is 7.12. The number of benzene rings is 1. The highest BCUT2D eigenvalue weighted by atomic mass is 32.1. The van der Waals surface area contributed by atoms with E-state index in [2.05, 4.69) is 0 Å². The van der Waals surface area contributed by atoms with Crippen molar-refractivity contribution in [3.05, 3.63) is 108 Å². The van der Waals surface area contributed by atoms with E-state index in [4.69, 9.17) is 10.2 Å². The number of nitro groups is 1. The number of carbonyl (C=O) groups excluding carboxylic acids is 3. The van der Waals surface area contributed by atoms with Gasteiger partial charge in [0.1, 0.15) is 11.8 Å². The van der Waals surface area contributed by atoms with Crippen LogP contribution in [0.2, 0.25) is 0 Å². The Kier molecular flexibility index (Phi) is 6.72. The molecule has 1 saturated heterocycles. The number of Topliss-reactive ketones (excluding diaryl/α,β-unsaturated/α-hetero) is 1. The van der Waals surface area contributed by atoms with E-state index in [0.29, 0.717) is 16.2 Å². The summed E-state index contributed by atoms with van der Waals surface area (Å²) in [6.07, 6.45) is 0. The van der Waals surface area contributed by atoms with Crippen molar-refractivity contribution in [3.63, 3.8) is 0 Å². The normalized spacial score (nSPS) is 20.9. The number of non-ortho nitro benzene ring substituents is 1. The Balaban J connectivity index is 1.80. The minimum absolute atomic E-state index is 0.0794. The number of rotatable bonds is 7. The van der Waals surface area contributed by atoms with Crippen molar-refractivity contribution in [2.75, 3.05) is 0 Å². The van der Waals surface area contributed by atoms with Crippen LogP contribution in [-0.4, -0.2) is 33.5 Å². The van der Waals surface area contributed by atoms with Crippen molar-refractivity contribution in [1.29, 1.82) is 0 Å². The number of amides is 2. The van der Waals surface area contributed by atoms with E-state index in [0.717, 1.165) is 10.4 Å². The average Bonchev–Trinajstić information content (AvgIpc) is 3.69. The predicted molar refractivity (Wildman–Crippen MR) is 142 cm³/mol. The highest BCUT2D eigenvalue weighted by Gasteiger charge is 2.58. The molecular formula is C27H23N3O6S2. The topological polar surface area (TPSA) is 137 Å². The van der Waals surface area contributed by atoms with Gasteiger partial charge in [0, 0.05) is 22.9 Å². The summed E-state index contributed by atoms with van der Waals surface area (Å²) in [7, 11) is 0. The Labute approximate surface area is 225 Å². The lowest BCUT2D eigenvalue weighted by molar-refractivity contribution is -0.385. The van der Waals surface area contributed by atoms with E-state index in [-0.39, 0.29) is 11.4 Å². The Morgan fingerprint density at radius 1 is 1.03 bits per heavy atom. The second-order valence-corrected chi connectivity index (χ2v) is 11.0. The van der Waals surface area contributed by atoms with Gasteiger partial charge >= 0.3 is 0 Å². The second kappa shape index (κ2) is 9.99. The maximum Gasteiger partial charge on any atom is 0.269 e. The predicted octanol–water partition coefficient (Wildman–Crippen LogP) is 5.26. The molecule has 5 rings (SSSR count). The van der Waals surface area contributed by atoms with Gasteiger partial charge in [0.25, 0.3) is 11.6 Å². The van der Waals surface area contributed by atoms with Crippen LogP contribution in [0.4, 0.5) is 5.69 Å². The van der Waals surface area contributed by atoms with Gasteiger partial charge in [0.15, 0.2) is 5.76 Å². The molecule has 38 heavy (non-hydrogen) atoms. The molecule has 0 spiro atoms. The molecule has 1 aliphatic rings. The fourth-order valence-electron chi connectivity index (χ4n) is 5.27. The van der Waals surface area contributed by atoms with Crippen LogP contribution in [0, 0.1) is 29.9 Å². The monoisotopic (exact) mass is 549 g/mol. The van der Waals surface area contributed by atoms with Crippen LogP contribution in [0.1, 0.15) is 54.0 Å². The third-order valence-electron chi connectivity index (χ3n) is 6.84.